The average molecular weight is 691 g/mol. The Labute approximate surface area is 294 Å². The van der Waals surface area contributed by atoms with Gasteiger partial charge in [0.1, 0.15) is 29.0 Å². The molecule has 0 unspecified atom stereocenters. The van der Waals surface area contributed by atoms with Crippen molar-refractivity contribution in [1.29, 1.82) is 0 Å². The lowest BCUT2D eigenvalue weighted by molar-refractivity contribution is -0.135. The van der Waals surface area contributed by atoms with Crippen molar-refractivity contribution in [3.8, 4) is 5.75 Å². The highest BCUT2D eigenvalue weighted by Crippen LogP contribution is 2.27. The Morgan fingerprint density at radius 1 is 0.960 bits per heavy atom. The van der Waals surface area contributed by atoms with Gasteiger partial charge < -0.3 is 39.6 Å². The maximum Gasteiger partial charge on any atom is 0.408 e. The molecule has 0 aliphatic carbocycles. The molecule has 13 heteroatoms. The van der Waals surface area contributed by atoms with Gasteiger partial charge in [0.25, 0.3) is 5.91 Å². The second-order valence-electron chi connectivity index (χ2n) is 14.2. The highest BCUT2D eigenvalue weighted by atomic mass is 16.6. The van der Waals surface area contributed by atoms with Gasteiger partial charge in [-0.25, -0.2) is 9.78 Å². The summed E-state index contributed by atoms with van der Waals surface area (Å²) in [6.45, 7) is 11.7. The van der Waals surface area contributed by atoms with Crippen LogP contribution < -0.4 is 20.7 Å². The first-order chi connectivity index (χ1) is 23.6. The Bertz CT molecular complexity index is 1590. The predicted molar refractivity (Wildman–Crippen MR) is 188 cm³/mol. The van der Waals surface area contributed by atoms with Crippen molar-refractivity contribution in [3.05, 3.63) is 78.2 Å². The molecule has 50 heavy (non-hydrogen) atoms. The zero-order valence-corrected chi connectivity index (χ0v) is 30.0. The number of rotatable bonds is 13. The number of alkyl carbamates (subject to hydrolysis) is 1. The molecule has 0 saturated carbocycles. The maximum absolute atomic E-state index is 14.0. The van der Waals surface area contributed by atoms with Crippen molar-refractivity contribution in [1.82, 2.24) is 25.1 Å². The standard InChI is InChI=1S/C37H50N6O7/c1-25-17-19-42(20-18-25)33(45)31(27-13-15-28(48-7)16-14-27)43-21-30(38-24-43)40-32(44)29(23-49-22-26-11-9-8-10-12-26)39-34(46)37(5,6)41-35(47)50-36(2,3)4/h8-16,21,24-25,29,31H,17-20,22-23H2,1-7H3,(H,39,46)(H,40,44)(H,41,47)/t29-,31-/m1/s1. The molecule has 1 aromatic heterocycles. The van der Waals surface area contributed by atoms with E-state index in [4.69, 9.17) is 14.2 Å². The summed E-state index contributed by atoms with van der Waals surface area (Å²) in [6.07, 6.45) is 4.17. The van der Waals surface area contributed by atoms with Gasteiger partial charge in [0, 0.05) is 19.3 Å². The van der Waals surface area contributed by atoms with Gasteiger partial charge in [-0.1, -0.05) is 49.4 Å². The largest absolute Gasteiger partial charge is 0.497 e. The molecular weight excluding hydrogens is 640 g/mol. The van der Waals surface area contributed by atoms with Gasteiger partial charge >= 0.3 is 6.09 Å². The number of imidazole rings is 1. The van der Waals surface area contributed by atoms with Gasteiger partial charge in [0.2, 0.25) is 11.8 Å². The highest BCUT2D eigenvalue weighted by molar-refractivity contribution is 5.98. The summed E-state index contributed by atoms with van der Waals surface area (Å²) < 4.78 is 18.2. The molecule has 270 valence electrons. The van der Waals surface area contributed by atoms with Crippen LogP contribution in [-0.4, -0.2) is 82.3 Å². The summed E-state index contributed by atoms with van der Waals surface area (Å²) in [4.78, 5) is 59.8. The third-order valence-corrected chi connectivity index (χ3v) is 8.31. The van der Waals surface area contributed by atoms with E-state index in [0.29, 0.717) is 24.8 Å². The molecule has 0 radical (unpaired) electrons. The van der Waals surface area contributed by atoms with Crippen LogP contribution in [0.4, 0.5) is 10.6 Å². The van der Waals surface area contributed by atoms with Crippen molar-refractivity contribution in [2.45, 2.75) is 84.2 Å². The molecule has 4 rings (SSSR count). The minimum atomic E-state index is -1.43. The average Bonchev–Trinajstić information content (AvgIpc) is 3.51. The Morgan fingerprint density at radius 2 is 1.62 bits per heavy atom. The molecule has 13 nitrogen and oxygen atoms in total. The summed E-state index contributed by atoms with van der Waals surface area (Å²) in [5, 5.41) is 8.04. The lowest BCUT2D eigenvalue weighted by Gasteiger charge is -2.33. The predicted octanol–water partition coefficient (Wildman–Crippen LogP) is 4.68. The number of anilines is 1. The number of carbonyl (C=O) groups excluding carboxylic acids is 4. The number of carbonyl (C=O) groups is 4. The zero-order valence-electron chi connectivity index (χ0n) is 30.0. The number of benzene rings is 2. The number of nitrogens with zero attached hydrogens (tertiary/aromatic N) is 3. The second-order valence-corrected chi connectivity index (χ2v) is 14.2. The van der Waals surface area contributed by atoms with Gasteiger partial charge in [-0.2, -0.15) is 0 Å². The summed E-state index contributed by atoms with van der Waals surface area (Å²) in [5.41, 5.74) is -0.568. The van der Waals surface area contributed by atoms with Crippen molar-refractivity contribution in [3.63, 3.8) is 0 Å². The molecule has 1 aliphatic rings. The molecule has 2 heterocycles. The van der Waals surface area contributed by atoms with Crippen LogP contribution in [0, 0.1) is 5.92 Å². The number of methoxy groups -OCH3 is 1. The maximum atomic E-state index is 14.0. The molecular formula is C37H50N6O7. The molecule has 1 saturated heterocycles. The molecule has 0 spiro atoms. The van der Waals surface area contributed by atoms with Gasteiger partial charge in [-0.15, -0.1) is 0 Å². The van der Waals surface area contributed by atoms with E-state index < -0.39 is 41.1 Å². The fourth-order valence-electron chi connectivity index (χ4n) is 5.39. The Morgan fingerprint density at radius 3 is 2.24 bits per heavy atom. The number of hydrogen-bond donors (Lipinski definition) is 3. The van der Waals surface area contributed by atoms with Crippen LogP contribution in [0.1, 0.15) is 71.6 Å². The lowest BCUT2D eigenvalue weighted by Crippen LogP contribution is -2.59. The Hall–Kier alpha value is -4.91. The van der Waals surface area contributed by atoms with E-state index in [0.717, 1.165) is 24.0 Å². The van der Waals surface area contributed by atoms with Crippen LogP contribution in [0.5, 0.6) is 5.75 Å². The van der Waals surface area contributed by atoms with E-state index in [1.54, 1.807) is 50.8 Å². The van der Waals surface area contributed by atoms with Crippen LogP contribution in [0.2, 0.25) is 0 Å². The lowest BCUT2D eigenvalue weighted by atomic mass is 9.97. The van der Waals surface area contributed by atoms with E-state index in [1.165, 1.54) is 20.2 Å². The molecule has 1 aliphatic heterocycles. The van der Waals surface area contributed by atoms with Crippen LogP contribution in [0.25, 0.3) is 0 Å². The molecule has 0 bridgehead atoms. The number of hydrogen-bond acceptors (Lipinski definition) is 8. The molecule has 3 aromatic rings. The first kappa shape index (κ1) is 37.9. The minimum absolute atomic E-state index is 0.0727. The van der Waals surface area contributed by atoms with E-state index in [2.05, 4.69) is 27.9 Å². The van der Waals surface area contributed by atoms with Gasteiger partial charge in [0.15, 0.2) is 5.82 Å². The van der Waals surface area contributed by atoms with Crippen molar-refractivity contribution >= 4 is 29.6 Å². The van der Waals surface area contributed by atoms with E-state index in [9.17, 15) is 19.2 Å². The van der Waals surface area contributed by atoms with E-state index >= 15 is 0 Å². The number of ether oxygens (including phenoxy) is 3. The van der Waals surface area contributed by atoms with Crippen molar-refractivity contribution in [2.75, 3.05) is 32.1 Å². The number of aromatic nitrogens is 2. The quantitative estimate of drug-likeness (QED) is 0.234. The number of amides is 4. The topological polar surface area (TPSA) is 153 Å². The van der Waals surface area contributed by atoms with E-state index in [-0.39, 0.29) is 24.9 Å². The van der Waals surface area contributed by atoms with Crippen LogP contribution >= 0.6 is 0 Å². The zero-order chi connectivity index (χ0) is 36.5. The monoisotopic (exact) mass is 690 g/mol. The Balaban J connectivity index is 1.53. The smallest absolute Gasteiger partial charge is 0.408 e. The van der Waals surface area contributed by atoms with Gasteiger partial charge in [-0.3, -0.25) is 14.4 Å². The first-order valence-electron chi connectivity index (χ1n) is 16.9. The number of nitrogens with one attached hydrogen (secondary N) is 3. The summed E-state index contributed by atoms with van der Waals surface area (Å²) in [5.74, 6) is 0.105. The summed E-state index contributed by atoms with van der Waals surface area (Å²) >= 11 is 0. The third-order valence-electron chi connectivity index (χ3n) is 8.31. The summed E-state index contributed by atoms with van der Waals surface area (Å²) in [7, 11) is 1.58. The van der Waals surface area contributed by atoms with Crippen molar-refractivity contribution < 1.29 is 33.4 Å². The number of piperidine rings is 1. The van der Waals surface area contributed by atoms with Gasteiger partial charge in [-0.05, 0) is 76.6 Å². The molecule has 4 amide bonds. The van der Waals surface area contributed by atoms with Crippen LogP contribution in [0.15, 0.2) is 67.1 Å². The Kier molecular flexibility index (Phi) is 12.6. The molecule has 2 aromatic carbocycles. The third kappa shape index (κ3) is 10.8. The molecule has 3 N–H and O–H groups in total. The molecule has 1 fully saturated rings. The molecule has 2 atom stereocenters. The minimum Gasteiger partial charge on any atom is -0.497 e. The second kappa shape index (κ2) is 16.7. The normalized spacial score (nSPS) is 15.1. The first-order valence-corrected chi connectivity index (χ1v) is 16.9. The highest BCUT2D eigenvalue weighted by Gasteiger charge is 2.35. The fourth-order valence-corrected chi connectivity index (χ4v) is 5.39. The van der Waals surface area contributed by atoms with Crippen molar-refractivity contribution in [2.24, 2.45) is 5.92 Å². The van der Waals surface area contributed by atoms with E-state index in [1.807, 2.05) is 47.4 Å². The SMILES string of the molecule is COc1ccc([C@H](C(=O)N2CCC(C)CC2)n2cnc(NC(=O)[C@@H](COCc3ccccc3)NC(=O)C(C)(C)NC(=O)OC(C)(C)C)c2)cc1. The van der Waals surface area contributed by atoms with Gasteiger partial charge in [0.05, 0.1) is 26.7 Å². The van der Waals surface area contributed by atoms with Crippen LogP contribution in [-0.2, 0) is 30.5 Å². The fraction of sp³-hybridized carbons (Fsp3) is 0.486. The summed E-state index contributed by atoms with van der Waals surface area (Å²) in [6, 6.07) is 14.8. The van der Waals surface area contributed by atoms with Crippen LogP contribution in [0.3, 0.4) is 0 Å². The number of likely N-dealkylation sites (tertiary alicyclic amines) is 1.